The summed E-state index contributed by atoms with van der Waals surface area (Å²) >= 11 is 0. The van der Waals surface area contributed by atoms with Gasteiger partial charge in [0.25, 0.3) is 0 Å². The predicted octanol–water partition coefficient (Wildman–Crippen LogP) is 2.96. The third kappa shape index (κ3) is 6.22. The third-order valence-corrected chi connectivity index (χ3v) is 3.93. The van der Waals surface area contributed by atoms with Crippen LogP contribution in [0.25, 0.3) is 0 Å². The Labute approximate surface area is 128 Å². The Morgan fingerprint density at radius 3 is 2.33 bits per heavy atom. The number of aliphatic hydroxyl groups excluding tert-OH is 1. The van der Waals surface area contributed by atoms with E-state index < -0.39 is 5.60 Å². The largest absolute Gasteiger partial charge is 0.444 e. The lowest BCUT2D eigenvalue weighted by atomic mass is 9.88. The summed E-state index contributed by atoms with van der Waals surface area (Å²) in [5.74, 6) is 0. The van der Waals surface area contributed by atoms with E-state index in [-0.39, 0.29) is 18.3 Å². The van der Waals surface area contributed by atoms with Crippen LogP contribution in [0.3, 0.4) is 0 Å². The van der Waals surface area contributed by atoms with Crippen LogP contribution in [0.15, 0.2) is 0 Å². The minimum Gasteiger partial charge on any atom is -0.444 e. The molecule has 124 valence electrons. The van der Waals surface area contributed by atoms with Gasteiger partial charge in [-0.1, -0.05) is 6.92 Å². The number of hydrogen-bond donors (Lipinski definition) is 1. The summed E-state index contributed by atoms with van der Waals surface area (Å²) in [5.41, 5.74) is -0.564. The summed E-state index contributed by atoms with van der Waals surface area (Å²) in [6.07, 6.45) is 4.09. The van der Waals surface area contributed by atoms with Crippen molar-refractivity contribution in [2.75, 3.05) is 26.3 Å². The van der Waals surface area contributed by atoms with Gasteiger partial charge in [-0.25, -0.2) is 4.79 Å². The number of ether oxygens (including phenoxy) is 2. The Bertz CT molecular complexity index is 317. The van der Waals surface area contributed by atoms with Gasteiger partial charge >= 0.3 is 6.09 Å². The first-order chi connectivity index (χ1) is 9.82. The average molecular weight is 301 g/mol. The molecule has 1 aliphatic heterocycles. The Morgan fingerprint density at radius 1 is 1.24 bits per heavy atom. The summed E-state index contributed by atoms with van der Waals surface area (Å²) in [7, 11) is 0. The molecular formula is C16H31NO4. The van der Waals surface area contributed by atoms with Crippen LogP contribution in [0.4, 0.5) is 4.79 Å². The monoisotopic (exact) mass is 301 g/mol. The van der Waals surface area contributed by atoms with Gasteiger partial charge in [0, 0.05) is 26.3 Å². The molecule has 5 heteroatoms. The quantitative estimate of drug-likeness (QED) is 0.766. The summed E-state index contributed by atoms with van der Waals surface area (Å²) in [5, 5.41) is 8.80. The molecule has 1 saturated heterocycles. The van der Waals surface area contributed by atoms with E-state index >= 15 is 0 Å². The molecule has 0 aromatic rings. The van der Waals surface area contributed by atoms with Gasteiger partial charge in [-0.2, -0.15) is 0 Å². The van der Waals surface area contributed by atoms with E-state index in [9.17, 15) is 4.79 Å². The van der Waals surface area contributed by atoms with Crippen molar-refractivity contribution in [1.29, 1.82) is 0 Å². The lowest BCUT2D eigenvalue weighted by Crippen LogP contribution is -2.49. The van der Waals surface area contributed by atoms with Crippen LogP contribution in [-0.2, 0) is 9.47 Å². The molecule has 0 aliphatic carbocycles. The van der Waals surface area contributed by atoms with Crippen molar-refractivity contribution in [2.24, 2.45) is 0 Å². The number of rotatable bonds is 6. The molecular weight excluding hydrogens is 270 g/mol. The molecule has 0 aromatic carbocycles. The van der Waals surface area contributed by atoms with Crippen LogP contribution in [0.5, 0.6) is 0 Å². The smallest absolute Gasteiger partial charge is 0.410 e. The molecule has 1 fully saturated rings. The highest BCUT2D eigenvalue weighted by Gasteiger charge is 2.36. The number of nitrogens with zero attached hydrogens (tertiary/aromatic N) is 1. The van der Waals surface area contributed by atoms with Crippen molar-refractivity contribution in [1.82, 2.24) is 4.90 Å². The van der Waals surface area contributed by atoms with Gasteiger partial charge in [0.1, 0.15) is 5.60 Å². The first kappa shape index (κ1) is 18.2. The maximum Gasteiger partial charge on any atom is 0.410 e. The SMILES string of the molecule is CCC1(OCCCCO)CCN(C(=O)OC(C)(C)C)CC1. The van der Waals surface area contributed by atoms with Gasteiger partial charge in [0.15, 0.2) is 0 Å². The number of piperidine rings is 1. The van der Waals surface area contributed by atoms with Gasteiger partial charge in [-0.3, -0.25) is 0 Å². The highest BCUT2D eigenvalue weighted by atomic mass is 16.6. The topological polar surface area (TPSA) is 59.0 Å². The fourth-order valence-electron chi connectivity index (χ4n) is 2.53. The normalized spacial score (nSPS) is 18.6. The van der Waals surface area contributed by atoms with Crippen LogP contribution in [0.2, 0.25) is 0 Å². The van der Waals surface area contributed by atoms with Crippen LogP contribution in [0.1, 0.15) is 59.8 Å². The third-order valence-electron chi connectivity index (χ3n) is 3.93. The Balaban J connectivity index is 2.42. The van der Waals surface area contributed by atoms with Gasteiger partial charge in [0.2, 0.25) is 0 Å². The number of aliphatic hydroxyl groups is 1. The molecule has 1 aliphatic rings. The summed E-state index contributed by atoms with van der Waals surface area (Å²) in [6.45, 7) is 10.1. The standard InChI is InChI=1S/C16H31NO4/c1-5-16(20-13-7-6-12-18)8-10-17(11-9-16)14(19)21-15(2,3)4/h18H,5-13H2,1-4H3. The Kier molecular flexibility index (Phi) is 6.94. The molecule has 0 radical (unpaired) electrons. The van der Waals surface area contributed by atoms with Crippen molar-refractivity contribution in [3.05, 3.63) is 0 Å². The molecule has 1 heterocycles. The van der Waals surface area contributed by atoms with Gasteiger partial charge < -0.3 is 19.5 Å². The average Bonchev–Trinajstić information content (AvgIpc) is 2.42. The van der Waals surface area contributed by atoms with Gasteiger partial charge in [-0.15, -0.1) is 0 Å². The number of carbonyl (C=O) groups is 1. The van der Waals surface area contributed by atoms with Crippen LogP contribution in [-0.4, -0.2) is 53.6 Å². The molecule has 0 saturated carbocycles. The Morgan fingerprint density at radius 2 is 1.86 bits per heavy atom. The fourth-order valence-corrected chi connectivity index (χ4v) is 2.53. The highest BCUT2D eigenvalue weighted by Crippen LogP contribution is 2.30. The zero-order valence-electron chi connectivity index (χ0n) is 14.0. The number of amides is 1. The van der Waals surface area contributed by atoms with E-state index in [1.807, 2.05) is 20.8 Å². The first-order valence-corrected chi connectivity index (χ1v) is 8.05. The zero-order valence-corrected chi connectivity index (χ0v) is 14.0. The van der Waals surface area contributed by atoms with E-state index in [0.29, 0.717) is 19.7 Å². The number of hydrogen-bond acceptors (Lipinski definition) is 4. The van der Waals surface area contributed by atoms with Crippen LogP contribution in [0, 0.1) is 0 Å². The van der Waals surface area contributed by atoms with Crippen molar-refractivity contribution in [3.63, 3.8) is 0 Å². The van der Waals surface area contributed by atoms with Crippen molar-refractivity contribution < 1.29 is 19.4 Å². The molecule has 0 unspecified atom stereocenters. The number of unbranched alkanes of at least 4 members (excludes halogenated alkanes) is 1. The van der Waals surface area contributed by atoms with Crippen molar-refractivity contribution in [2.45, 2.75) is 71.0 Å². The summed E-state index contributed by atoms with van der Waals surface area (Å²) in [4.78, 5) is 13.8. The predicted molar refractivity (Wildman–Crippen MR) is 82.3 cm³/mol. The molecule has 0 aromatic heterocycles. The zero-order chi connectivity index (χ0) is 15.9. The summed E-state index contributed by atoms with van der Waals surface area (Å²) in [6, 6.07) is 0. The minimum absolute atomic E-state index is 0.117. The molecule has 1 rings (SSSR count). The second-order valence-corrected chi connectivity index (χ2v) is 6.78. The van der Waals surface area contributed by atoms with E-state index in [1.165, 1.54) is 0 Å². The van der Waals surface area contributed by atoms with Crippen LogP contribution >= 0.6 is 0 Å². The minimum atomic E-state index is -0.447. The maximum atomic E-state index is 12.0. The Hall–Kier alpha value is -0.810. The van der Waals surface area contributed by atoms with Crippen LogP contribution < -0.4 is 0 Å². The first-order valence-electron chi connectivity index (χ1n) is 8.05. The molecule has 0 atom stereocenters. The highest BCUT2D eigenvalue weighted by molar-refractivity contribution is 5.68. The van der Waals surface area contributed by atoms with E-state index in [0.717, 1.165) is 32.1 Å². The van der Waals surface area contributed by atoms with Crippen molar-refractivity contribution in [3.8, 4) is 0 Å². The summed E-state index contributed by atoms with van der Waals surface area (Å²) < 4.78 is 11.5. The van der Waals surface area contributed by atoms with Crippen molar-refractivity contribution >= 4 is 6.09 Å². The number of carbonyl (C=O) groups excluding carboxylic acids is 1. The number of likely N-dealkylation sites (tertiary alicyclic amines) is 1. The van der Waals surface area contributed by atoms with E-state index in [2.05, 4.69) is 6.92 Å². The molecule has 0 bridgehead atoms. The van der Waals surface area contributed by atoms with Gasteiger partial charge in [-0.05, 0) is 52.9 Å². The van der Waals surface area contributed by atoms with E-state index in [1.54, 1.807) is 4.90 Å². The lowest BCUT2D eigenvalue weighted by Gasteiger charge is -2.41. The fraction of sp³-hybridized carbons (Fsp3) is 0.938. The maximum absolute atomic E-state index is 12.0. The second-order valence-electron chi connectivity index (χ2n) is 6.78. The van der Waals surface area contributed by atoms with Gasteiger partial charge in [0.05, 0.1) is 5.60 Å². The molecule has 1 N–H and O–H groups in total. The molecule has 1 amide bonds. The van der Waals surface area contributed by atoms with E-state index in [4.69, 9.17) is 14.6 Å². The molecule has 5 nitrogen and oxygen atoms in total. The molecule has 21 heavy (non-hydrogen) atoms. The lowest BCUT2D eigenvalue weighted by molar-refractivity contribution is -0.0880. The second kappa shape index (κ2) is 7.99. The molecule has 0 spiro atoms.